The number of hydrogen-bond acceptors (Lipinski definition) is 5. The molecule has 0 aliphatic carbocycles. The number of amides is 3. The van der Waals surface area contributed by atoms with Gasteiger partial charge in [0.05, 0.1) is 19.8 Å². The minimum atomic E-state index is -0.225. The van der Waals surface area contributed by atoms with Crippen LogP contribution in [0.3, 0.4) is 0 Å². The lowest BCUT2D eigenvalue weighted by molar-refractivity contribution is -0.135. The van der Waals surface area contributed by atoms with Crippen LogP contribution in [0.5, 0.6) is 0 Å². The van der Waals surface area contributed by atoms with Crippen molar-refractivity contribution in [2.45, 2.75) is 26.2 Å². The molecule has 2 saturated heterocycles. The van der Waals surface area contributed by atoms with Gasteiger partial charge in [-0.2, -0.15) is 0 Å². The Hall–Kier alpha value is -2.61. The van der Waals surface area contributed by atoms with Gasteiger partial charge in [0, 0.05) is 56.9 Å². The highest BCUT2D eigenvalue weighted by Gasteiger charge is 2.22. The van der Waals surface area contributed by atoms with E-state index in [0.717, 1.165) is 45.0 Å². The Morgan fingerprint density at radius 3 is 2.48 bits per heavy atom. The number of hydrogen-bond donors (Lipinski definition) is 1. The van der Waals surface area contributed by atoms with Crippen LogP contribution in [0.15, 0.2) is 24.3 Å². The lowest BCUT2D eigenvalue weighted by atomic mass is 10.2. The Labute approximate surface area is 171 Å². The van der Waals surface area contributed by atoms with Crippen molar-refractivity contribution in [3.05, 3.63) is 24.3 Å². The van der Waals surface area contributed by atoms with E-state index in [2.05, 4.69) is 10.2 Å². The van der Waals surface area contributed by atoms with Gasteiger partial charge in [0.1, 0.15) is 0 Å². The summed E-state index contributed by atoms with van der Waals surface area (Å²) >= 11 is 0. The Morgan fingerprint density at radius 2 is 1.86 bits per heavy atom. The van der Waals surface area contributed by atoms with Crippen LogP contribution in [0, 0.1) is 0 Å². The van der Waals surface area contributed by atoms with Crippen molar-refractivity contribution in [3.8, 4) is 0 Å². The summed E-state index contributed by atoms with van der Waals surface area (Å²) in [6.45, 7) is 6.65. The standard InChI is InChI=1S/C21H30N4O4/c1-2-23(21(28)9-11-25-10-3-4-20(25)27)16-19(26)22-17-5-7-18(8-6-17)24-12-14-29-15-13-24/h5-8H,2-4,9-16H2,1H3,(H,22,26). The Morgan fingerprint density at radius 1 is 1.14 bits per heavy atom. The van der Waals surface area contributed by atoms with E-state index >= 15 is 0 Å². The molecule has 8 heteroatoms. The third-order valence-corrected chi connectivity index (χ3v) is 5.36. The third kappa shape index (κ3) is 5.93. The van der Waals surface area contributed by atoms with E-state index in [0.29, 0.717) is 25.2 Å². The van der Waals surface area contributed by atoms with Gasteiger partial charge < -0.3 is 24.8 Å². The minimum Gasteiger partial charge on any atom is -0.378 e. The highest BCUT2D eigenvalue weighted by atomic mass is 16.5. The van der Waals surface area contributed by atoms with Gasteiger partial charge in [-0.1, -0.05) is 0 Å². The summed E-state index contributed by atoms with van der Waals surface area (Å²) in [5.74, 6) is -0.222. The number of morpholine rings is 1. The summed E-state index contributed by atoms with van der Waals surface area (Å²) in [5.41, 5.74) is 1.81. The van der Waals surface area contributed by atoms with Crippen molar-refractivity contribution >= 4 is 29.1 Å². The minimum absolute atomic E-state index is 0.00843. The van der Waals surface area contributed by atoms with Gasteiger partial charge in [0.25, 0.3) is 0 Å². The van der Waals surface area contributed by atoms with Crippen LogP contribution >= 0.6 is 0 Å². The van der Waals surface area contributed by atoms with E-state index in [1.54, 1.807) is 4.90 Å². The first-order valence-electron chi connectivity index (χ1n) is 10.3. The summed E-state index contributed by atoms with van der Waals surface area (Å²) in [5, 5.41) is 2.86. The second-order valence-corrected chi connectivity index (χ2v) is 7.34. The van der Waals surface area contributed by atoms with Crippen molar-refractivity contribution in [2.24, 2.45) is 0 Å². The van der Waals surface area contributed by atoms with Crippen LogP contribution in [0.25, 0.3) is 0 Å². The molecule has 0 spiro atoms. The van der Waals surface area contributed by atoms with Crippen LogP contribution in [-0.4, -0.2) is 80.0 Å². The summed E-state index contributed by atoms with van der Waals surface area (Å²) in [6.07, 6.45) is 1.68. The van der Waals surface area contributed by atoms with E-state index in [-0.39, 0.29) is 30.7 Å². The highest BCUT2D eigenvalue weighted by molar-refractivity contribution is 5.94. The van der Waals surface area contributed by atoms with Crippen LogP contribution in [0.2, 0.25) is 0 Å². The molecule has 0 atom stereocenters. The van der Waals surface area contributed by atoms with Gasteiger partial charge in [-0.15, -0.1) is 0 Å². The molecule has 0 saturated carbocycles. The number of nitrogens with zero attached hydrogens (tertiary/aromatic N) is 3. The predicted octanol–water partition coefficient (Wildman–Crippen LogP) is 1.32. The molecular weight excluding hydrogens is 372 g/mol. The third-order valence-electron chi connectivity index (χ3n) is 5.36. The zero-order valence-electron chi connectivity index (χ0n) is 17.1. The molecule has 0 aromatic heterocycles. The maximum Gasteiger partial charge on any atom is 0.243 e. The number of nitrogens with one attached hydrogen (secondary N) is 1. The monoisotopic (exact) mass is 402 g/mol. The lowest BCUT2D eigenvalue weighted by Crippen LogP contribution is -2.39. The normalized spacial score (nSPS) is 16.8. The molecule has 1 aromatic rings. The number of carbonyl (C=O) groups excluding carboxylic acids is 3. The number of rotatable bonds is 8. The average molecular weight is 402 g/mol. The molecule has 0 radical (unpaired) electrons. The van der Waals surface area contributed by atoms with Crippen LogP contribution in [0.1, 0.15) is 26.2 Å². The van der Waals surface area contributed by atoms with Crippen molar-refractivity contribution < 1.29 is 19.1 Å². The molecule has 2 aliphatic rings. The van der Waals surface area contributed by atoms with Crippen LogP contribution < -0.4 is 10.2 Å². The molecule has 0 unspecified atom stereocenters. The van der Waals surface area contributed by atoms with Crippen LogP contribution in [0.4, 0.5) is 11.4 Å². The Bertz CT molecular complexity index is 716. The quantitative estimate of drug-likeness (QED) is 0.709. The molecule has 158 valence electrons. The Balaban J connectivity index is 1.46. The van der Waals surface area contributed by atoms with Gasteiger partial charge in [0.2, 0.25) is 17.7 Å². The maximum atomic E-state index is 12.4. The smallest absolute Gasteiger partial charge is 0.243 e. The maximum absolute atomic E-state index is 12.4. The van der Waals surface area contributed by atoms with Crippen molar-refractivity contribution in [1.82, 2.24) is 9.80 Å². The summed E-state index contributed by atoms with van der Waals surface area (Å²) in [7, 11) is 0. The predicted molar refractivity (Wildman–Crippen MR) is 111 cm³/mol. The van der Waals surface area contributed by atoms with E-state index in [1.165, 1.54) is 4.90 Å². The fourth-order valence-electron chi connectivity index (χ4n) is 3.66. The highest BCUT2D eigenvalue weighted by Crippen LogP contribution is 2.19. The first-order chi connectivity index (χ1) is 14.1. The largest absolute Gasteiger partial charge is 0.378 e. The number of likely N-dealkylation sites (tertiary alicyclic amines) is 1. The molecule has 3 amide bonds. The van der Waals surface area contributed by atoms with Gasteiger partial charge in [-0.05, 0) is 37.6 Å². The fourth-order valence-corrected chi connectivity index (χ4v) is 3.66. The molecule has 2 aliphatic heterocycles. The molecular formula is C21H30N4O4. The van der Waals surface area contributed by atoms with Gasteiger partial charge in [-0.3, -0.25) is 14.4 Å². The SMILES string of the molecule is CCN(CC(=O)Nc1ccc(N2CCOCC2)cc1)C(=O)CCN1CCCC1=O. The molecule has 2 fully saturated rings. The lowest BCUT2D eigenvalue weighted by Gasteiger charge is -2.29. The number of anilines is 2. The second kappa shape index (κ2) is 10.2. The number of ether oxygens (including phenoxy) is 1. The fraction of sp³-hybridized carbons (Fsp3) is 0.571. The van der Waals surface area contributed by atoms with E-state index in [4.69, 9.17) is 4.74 Å². The number of benzene rings is 1. The molecule has 1 N–H and O–H groups in total. The molecule has 29 heavy (non-hydrogen) atoms. The van der Waals surface area contributed by atoms with Crippen molar-refractivity contribution in [2.75, 3.05) is 62.7 Å². The number of carbonyl (C=O) groups is 3. The first kappa shape index (κ1) is 21.1. The molecule has 8 nitrogen and oxygen atoms in total. The molecule has 2 heterocycles. The van der Waals surface area contributed by atoms with Gasteiger partial charge in [0.15, 0.2) is 0 Å². The van der Waals surface area contributed by atoms with Crippen molar-refractivity contribution in [1.29, 1.82) is 0 Å². The molecule has 0 bridgehead atoms. The molecule has 3 rings (SSSR count). The summed E-state index contributed by atoms with van der Waals surface area (Å²) in [4.78, 5) is 42.0. The Kier molecular flexibility index (Phi) is 7.46. The summed E-state index contributed by atoms with van der Waals surface area (Å²) in [6, 6.07) is 7.72. The first-order valence-corrected chi connectivity index (χ1v) is 10.3. The van der Waals surface area contributed by atoms with E-state index in [1.807, 2.05) is 31.2 Å². The zero-order valence-corrected chi connectivity index (χ0v) is 17.1. The van der Waals surface area contributed by atoms with E-state index in [9.17, 15) is 14.4 Å². The average Bonchev–Trinajstić information content (AvgIpc) is 3.16. The molecule has 1 aromatic carbocycles. The topological polar surface area (TPSA) is 82.2 Å². The van der Waals surface area contributed by atoms with Crippen LogP contribution in [-0.2, 0) is 19.1 Å². The van der Waals surface area contributed by atoms with Gasteiger partial charge in [-0.25, -0.2) is 0 Å². The van der Waals surface area contributed by atoms with E-state index < -0.39 is 0 Å². The van der Waals surface area contributed by atoms with Crippen molar-refractivity contribution in [3.63, 3.8) is 0 Å². The zero-order chi connectivity index (χ0) is 20.6. The number of likely N-dealkylation sites (N-methyl/N-ethyl adjacent to an activating group) is 1. The summed E-state index contributed by atoms with van der Waals surface area (Å²) < 4.78 is 5.37. The second-order valence-electron chi connectivity index (χ2n) is 7.34. The van der Waals surface area contributed by atoms with Gasteiger partial charge >= 0.3 is 0 Å².